The molecule has 1 aromatic heterocycles. The van der Waals surface area contributed by atoms with Gasteiger partial charge in [-0.15, -0.1) is 0 Å². The summed E-state index contributed by atoms with van der Waals surface area (Å²) in [6.07, 6.45) is 0. The van der Waals surface area contributed by atoms with Crippen LogP contribution in [-0.4, -0.2) is 26.6 Å². The smallest absolute Gasteiger partial charge is 0.268 e. The highest BCUT2D eigenvalue weighted by Gasteiger charge is 2.24. The topological polar surface area (TPSA) is 57.5 Å². The first kappa shape index (κ1) is 18.5. The van der Waals surface area contributed by atoms with Gasteiger partial charge in [0, 0.05) is 10.8 Å². The van der Waals surface area contributed by atoms with Crippen molar-refractivity contribution in [1.82, 2.24) is 3.97 Å². The molecule has 6 heteroatoms. The second-order valence-corrected chi connectivity index (χ2v) is 8.77. The average Bonchev–Trinajstić information content (AvgIpc) is 3.14. The van der Waals surface area contributed by atoms with E-state index in [4.69, 9.17) is 9.47 Å². The van der Waals surface area contributed by atoms with Crippen molar-refractivity contribution in [3.8, 4) is 11.5 Å². The molecule has 0 atom stereocenters. The first-order chi connectivity index (χ1) is 14.6. The molecule has 0 N–H and O–H groups in total. The summed E-state index contributed by atoms with van der Waals surface area (Å²) in [6, 6.07) is 23.6. The molecule has 150 valence electrons. The highest BCUT2D eigenvalue weighted by Crippen LogP contribution is 2.40. The fourth-order valence-corrected chi connectivity index (χ4v) is 5.58. The van der Waals surface area contributed by atoms with Crippen LogP contribution in [0, 0.1) is 0 Å². The molecule has 0 unspecified atom stereocenters. The summed E-state index contributed by atoms with van der Waals surface area (Å²) in [5.41, 5.74) is 1.26. The minimum absolute atomic E-state index is 0.250. The summed E-state index contributed by atoms with van der Waals surface area (Å²) >= 11 is 0. The molecule has 1 heterocycles. The highest BCUT2D eigenvalue weighted by molar-refractivity contribution is 7.90. The predicted octanol–water partition coefficient (Wildman–Crippen LogP) is 5.20. The zero-order chi connectivity index (χ0) is 20.9. The lowest BCUT2D eigenvalue weighted by molar-refractivity contribution is 0.356. The first-order valence-electron chi connectivity index (χ1n) is 9.45. The van der Waals surface area contributed by atoms with Crippen LogP contribution in [0.4, 0.5) is 0 Å². The van der Waals surface area contributed by atoms with Gasteiger partial charge in [-0.25, -0.2) is 12.4 Å². The highest BCUT2D eigenvalue weighted by atomic mass is 32.2. The monoisotopic (exact) mass is 417 g/mol. The summed E-state index contributed by atoms with van der Waals surface area (Å²) in [7, 11) is -0.597. The lowest BCUT2D eigenvalue weighted by atomic mass is 10.0. The van der Waals surface area contributed by atoms with Crippen LogP contribution >= 0.6 is 0 Å². The van der Waals surface area contributed by atoms with E-state index in [1.54, 1.807) is 44.6 Å². The predicted molar refractivity (Wildman–Crippen MR) is 119 cm³/mol. The number of para-hydroxylation sites is 1. The molecule has 0 saturated heterocycles. The van der Waals surface area contributed by atoms with Crippen LogP contribution < -0.4 is 9.47 Å². The van der Waals surface area contributed by atoms with Gasteiger partial charge in [0.15, 0.2) is 11.5 Å². The quantitative estimate of drug-likeness (QED) is 0.403. The summed E-state index contributed by atoms with van der Waals surface area (Å²) in [5, 5.41) is 3.58. The number of benzene rings is 4. The Morgan fingerprint density at radius 1 is 0.700 bits per heavy atom. The second-order valence-electron chi connectivity index (χ2n) is 6.99. The van der Waals surface area contributed by atoms with E-state index in [2.05, 4.69) is 0 Å². The third-order valence-electron chi connectivity index (χ3n) is 5.39. The van der Waals surface area contributed by atoms with E-state index in [1.165, 1.54) is 3.97 Å². The molecular formula is C24H19NO4S. The Morgan fingerprint density at radius 3 is 2.10 bits per heavy atom. The van der Waals surface area contributed by atoms with Crippen molar-refractivity contribution in [2.24, 2.45) is 0 Å². The molecule has 0 fully saturated rings. The molecule has 5 rings (SSSR count). The SMILES string of the molecule is COc1cc2ccc3c(c2cc1OC)c1ccccc1n3S(=O)(=O)c1ccccc1. The third kappa shape index (κ3) is 2.57. The average molecular weight is 417 g/mol. The molecular weight excluding hydrogens is 398 g/mol. The van der Waals surface area contributed by atoms with Gasteiger partial charge in [0.25, 0.3) is 10.0 Å². The second kappa shape index (κ2) is 6.78. The Hall–Kier alpha value is -3.51. The van der Waals surface area contributed by atoms with Gasteiger partial charge in [0.05, 0.1) is 30.1 Å². The van der Waals surface area contributed by atoms with Crippen LogP contribution in [-0.2, 0) is 10.0 Å². The van der Waals surface area contributed by atoms with Crippen molar-refractivity contribution in [2.75, 3.05) is 14.2 Å². The molecule has 5 nitrogen and oxygen atoms in total. The van der Waals surface area contributed by atoms with E-state index in [0.717, 1.165) is 21.5 Å². The Balaban J connectivity index is 1.97. The number of nitrogens with zero attached hydrogens (tertiary/aromatic N) is 1. The summed E-state index contributed by atoms with van der Waals surface area (Å²) < 4.78 is 39.6. The van der Waals surface area contributed by atoms with Crippen molar-refractivity contribution in [3.05, 3.63) is 78.9 Å². The van der Waals surface area contributed by atoms with E-state index in [-0.39, 0.29) is 4.90 Å². The Kier molecular flexibility index (Phi) is 4.18. The number of hydrogen-bond acceptors (Lipinski definition) is 4. The number of fused-ring (bicyclic) bond motifs is 5. The van der Waals surface area contributed by atoms with Gasteiger partial charge < -0.3 is 9.47 Å². The van der Waals surface area contributed by atoms with E-state index < -0.39 is 10.0 Å². The minimum Gasteiger partial charge on any atom is -0.493 e. The van der Waals surface area contributed by atoms with Gasteiger partial charge in [0.2, 0.25) is 0 Å². The van der Waals surface area contributed by atoms with Gasteiger partial charge in [-0.05, 0) is 47.2 Å². The van der Waals surface area contributed by atoms with Gasteiger partial charge >= 0.3 is 0 Å². The van der Waals surface area contributed by atoms with E-state index in [9.17, 15) is 8.42 Å². The Labute approximate surface area is 174 Å². The molecule has 0 aliphatic carbocycles. The van der Waals surface area contributed by atoms with Gasteiger partial charge in [-0.1, -0.05) is 42.5 Å². The van der Waals surface area contributed by atoms with Crippen LogP contribution in [0.15, 0.2) is 83.8 Å². The maximum Gasteiger partial charge on any atom is 0.268 e. The molecule has 5 aromatic rings. The maximum atomic E-state index is 13.6. The van der Waals surface area contributed by atoms with Crippen LogP contribution in [0.1, 0.15) is 0 Å². The Bertz CT molecular complexity index is 1520. The van der Waals surface area contributed by atoms with Gasteiger partial charge in [-0.2, -0.15) is 0 Å². The van der Waals surface area contributed by atoms with E-state index >= 15 is 0 Å². The number of aromatic nitrogens is 1. The molecule has 0 aliphatic heterocycles. The first-order valence-corrected chi connectivity index (χ1v) is 10.9. The van der Waals surface area contributed by atoms with Crippen molar-refractivity contribution in [3.63, 3.8) is 0 Å². The van der Waals surface area contributed by atoms with Crippen LogP contribution in [0.5, 0.6) is 11.5 Å². The number of hydrogen-bond donors (Lipinski definition) is 0. The van der Waals surface area contributed by atoms with Gasteiger partial charge in [0.1, 0.15) is 0 Å². The normalized spacial score (nSPS) is 11.9. The third-order valence-corrected chi connectivity index (χ3v) is 7.14. The van der Waals surface area contributed by atoms with Crippen molar-refractivity contribution in [2.45, 2.75) is 4.90 Å². The summed E-state index contributed by atoms with van der Waals surface area (Å²) in [5.74, 6) is 1.23. The molecule has 0 saturated carbocycles. The van der Waals surface area contributed by atoms with Crippen LogP contribution in [0.25, 0.3) is 32.6 Å². The minimum atomic E-state index is -3.79. The zero-order valence-corrected chi connectivity index (χ0v) is 17.3. The fourth-order valence-electron chi connectivity index (χ4n) is 4.04. The molecule has 0 radical (unpaired) electrons. The fraction of sp³-hybridized carbons (Fsp3) is 0.0833. The Morgan fingerprint density at radius 2 is 1.37 bits per heavy atom. The number of methoxy groups -OCH3 is 2. The van der Waals surface area contributed by atoms with Crippen molar-refractivity contribution < 1.29 is 17.9 Å². The zero-order valence-electron chi connectivity index (χ0n) is 16.5. The lowest BCUT2D eigenvalue weighted by Crippen LogP contribution is -2.12. The number of rotatable bonds is 4. The maximum absolute atomic E-state index is 13.6. The molecule has 0 spiro atoms. The molecule has 4 aromatic carbocycles. The molecule has 0 amide bonds. The standard InChI is InChI=1S/C24H19NO4S/c1-28-22-14-16-12-13-21-24(19(16)15-23(22)29-2)18-10-6-7-11-20(18)25(21)30(26,27)17-8-4-3-5-9-17/h3-15H,1-2H3. The van der Waals surface area contributed by atoms with Crippen LogP contribution in [0.2, 0.25) is 0 Å². The van der Waals surface area contributed by atoms with E-state index in [1.807, 2.05) is 48.5 Å². The van der Waals surface area contributed by atoms with Crippen molar-refractivity contribution in [1.29, 1.82) is 0 Å². The van der Waals surface area contributed by atoms with Crippen molar-refractivity contribution >= 4 is 42.6 Å². The summed E-state index contributed by atoms with van der Waals surface area (Å²) in [6.45, 7) is 0. The number of ether oxygens (including phenoxy) is 2. The van der Waals surface area contributed by atoms with Gasteiger partial charge in [-0.3, -0.25) is 0 Å². The molecule has 0 aliphatic rings. The largest absolute Gasteiger partial charge is 0.493 e. The molecule has 30 heavy (non-hydrogen) atoms. The van der Waals surface area contributed by atoms with Crippen LogP contribution in [0.3, 0.4) is 0 Å². The van der Waals surface area contributed by atoms with E-state index in [0.29, 0.717) is 22.5 Å². The molecule has 0 bridgehead atoms. The summed E-state index contributed by atoms with van der Waals surface area (Å²) in [4.78, 5) is 0.250. The lowest BCUT2D eigenvalue weighted by Gasteiger charge is -2.11.